The molecule has 4 nitrogen and oxygen atoms in total. The first-order valence-corrected chi connectivity index (χ1v) is 9.56. The summed E-state index contributed by atoms with van der Waals surface area (Å²) in [5.41, 5.74) is 1.19. The highest BCUT2D eigenvalue weighted by atomic mass is 32.1. The molecule has 1 saturated carbocycles. The van der Waals surface area contributed by atoms with Gasteiger partial charge in [-0.05, 0) is 38.6 Å². The van der Waals surface area contributed by atoms with Gasteiger partial charge in [0.2, 0.25) is 0 Å². The molecule has 0 radical (unpaired) electrons. The summed E-state index contributed by atoms with van der Waals surface area (Å²) in [7, 11) is 5.83. The summed E-state index contributed by atoms with van der Waals surface area (Å²) in [6.07, 6.45) is 4.73. The van der Waals surface area contributed by atoms with Crippen LogP contribution in [0.2, 0.25) is 0 Å². The topological polar surface area (TPSA) is 41.6 Å². The minimum absolute atomic E-state index is 0.0443. The Hall–Kier alpha value is -1.85. The van der Waals surface area contributed by atoms with E-state index in [0.29, 0.717) is 17.2 Å². The maximum Gasteiger partial charge on any atom is 0.265 e. The van der Waals surface area contributed by atoms with Crippen LogP contribution in [0.5, 0.6) is 5.75 Å². The number of hydrogen-bond acceptors (Lipinski definition) is 4. The van der Waals surface area contributed by atoms with E-state index in [2.05, 4.69) is 24.3 Å². The first-order valence-electron chi connectivity index (χ1n) is 8.75. The highest BCUT2D eigenvalue weighted by molar-refractivity contribution is 7.17. The van der Waals surface area contributed by atoms with E-state index in [4.69, 9.17) is 4.74 Å². The number of carbonyl (C=O) groups excluding carboxylic acids is 1. The maximum absolute atomic E-state index is 12.8. The van der Waals surface area contributed by atoms with Gasteiger partial charge in [0.05, 0.1) is 7.11 Å². The van der Waals surface area contributed by atoms with E-state index < -0.39 is 0 Å². The third-order valence-corrected chi connectivity index (χ3v) is 6.41. The van der Waals surface area contributed by atoms with E-state index in [1.165, 1.54) is 24.2 Å². The van der Waals surface area contributed by atoms with E-state index in [9.17, 15) is 4.79 Å². The second-order valence-electron chi connectivity index (χ2n) is 6.88. The standard InChI is InChI=1S/C20H26N2O2S/c1-22(2)20(11-7-8-12-20)14-21-19(23)18-16(24-3)13-17(25-18)15-9-5-4-6-10-15/h4-6,9-10,13H,7-8,11-12,14H2,1-3H3,(H,21,23). The SMILES string of the molecule is COc1cc(-c2ccccc2)sc1C(=O)NCC1(N(C)C)CCCC1. The molecule has 1 N–H and O–H groups in total. The van der Waals surface area contributed by atoms with Crippen LogP contribution in [0.25, 0.3) is 10.4 Å². The van der Waals surface area contributed by atoms with E-state index in [0.717, 1.165) is 23.3 Å². The fourth-order valence-electron chi connectivity index (χ4n) is 3.57. The zero-order valence-corrected chi connectivity index (χ0v) is 16.0. The molecule has 0 saturated heterocycles. The number of amides is 1. The summed E-state index contributed by atoms with van der Waals surface area (Å²) >= 11 is 1.48. The highest BCUT2D eigenvalue weighted by Crippen LogP contribution is 2.37. The quantitative estimate of drug-likeness (QED) is 0.848. The average molecular weight is 359 g/mol. The van der Waals surface area contributed by atoms with Crippen molar-refractivity contribution in [1.82, 2.24) is 10.2 Å². The molecule has 0 atom stereocenters. The number of nitrogens with zero attached hydrogens (tertiary/aromatic N) is 1. The molecule has 3 rings (SSSR count). The fourth-order valence-corrected chi connectivity index (χ4v) is 4.62. The number of thiophene rings is 1. The summed E-state index contributed by atoms with van der Waals surface area (Å²) in [4.78, 5) is 16.8. The lowest BCUT2D eigenvalue weighted by Gasteiger charge is -2.36. The van der Waals surface area contributed by atoms with E-state index in [1.54, 1.807) is 7.11 Å². The molecule has 1 fully saturated rings. The van der Waals surface area contributed by atoms with Crippen LogP contribution < -0.4 is 10.1 Å². The lowest BCUT2D eigenvalue weighted by Crippen LogP contribution is -2.50. The Labute approximate surface area is 153 Å². The van der Waals surface area contributed by atoms with Crippen LogP contribution in [-0.2, 0) is 0 Å². The number of likely N-dealkylation sites (N-methyl/N-ethyl adjacent to an activating group) is 1. The van der Waals surface area contributed by atoms with Crippen molar-refractivity contribution in [1.29, 1.82) is 0 Å². The van der Waals surface area contributed by atoms with Crippen LogP contribution >= 0.6 is 11.3 Å². The Morgan fingerprint density at radius 1 is 1.24 bits per heavy atom. The minimum atomic E-state index is -0.0443. The van der Waals surface area contributed by atoms with Crippen LogP contribution in [0.15, 0.2) is 36.4 Å². The Bertz CT molecular complexity index is 719. The van der Waals surface area contributed by atoms with Gasteiger partial charge in [-0.2, -0.15) is 0 Å². The molecule has 25 heavy (non-hydrogen) atoms. The van der Waals surface area contributed by atoms with Crippen LogP contribution in [-0.4, -0.2) is 44.1 Å². The summed E-state index contributed by atoms with van der Waals surface area (Å²) in [5.74, 6) is 0.601. The van der Waals surface area contributed by atoms with Gasteiger partial charge in [0, 0.05) is 17.0 Å². The zero-order valence-electron chi connectivity index (χ0n) is 15.2. The predicted octanol–water partition coefficient (Wildman–Crippen LogP) is 4.03. The molecule has 0 unspecified atom stereocenters. The van der Waals surface area contributed by atoms with Gasteiger partial charge in [0.15, 0.2) is 0 Å². The molecule has 0 bridgehead atoms. The second-order valence-corrected chi connectivity index (χ2v) is 7.93. The summed E-state index contributed by atoms with van der Waals surface area (Å²) < 4.78 is 5.45. The van der Waals surface area contributed by atoms with Crippen LogP contribution in [0.3, 0.4) is 0 Å². The van der Waals surface area contributed by atoms with Gasteiger partial charge in [-0.1, -0.05) is 43.2 Å². The Kier molecular flexibility index (Phi) is 5.45. The Morgan fingerprint density at radius 3 is 2.52 bits per heavy atom. The van der Waals surface area contributed by atoms with Crippen molar-refractivity contribution in [2.45, 2.75) is 31.2 Å². The number of benzene rings is 1. The average Bonchev–Trinajstić information content (AvgIpc) is 3.28. The molecule has 1 heterocycles. The van der Waals surface area contributed by atoms with Crippen LogP contribution in [0, 0.1) is 0 Å². The molecular weight excluding hydrogens is 332 g/mol. The van der Waals surface area contributed by atoms with Gasteiger partial charge in [-0.3, -0.25) is 4.79 Å². The smallest absolute Gasteiger partial charge is 0.265 e. The molecular formula is C20H26N2O2S. The molecule has 5 heteroatoms. The van der Waals surface area contributed by atoms with Crippen molar-refractivity contribution >= 4 is 17.2 Å². The van der Waals surface area contributed by atoms with Gasteiger partial charge in [0.1, 0.15) is 10.6 Å². The normalized spacial score (nSPS) is 16.2. The van der Waals surface area contributed by atoms with Crippen molar-refractivity contribution < 1.29 is 9.53 Å². The number of methoxy groups -OCH3 is 1. The molecule has 0 spiro atoms. The van der Waals surface area contributed by atoms with Crippen molar-refractivity contribution in [3.63, 3.8) is 0 Å². The summed E-state index contributed by atoms with van der Waals surface area (Å²) in [5, 5.41) is 3.15. The minimum Gasteiger partial charge on any atom is -0.495 e. The lowest BCUT2D eigenvalue weighted by molar-refractivity contribution is 0.0901. The Morgan fingerprint density at radius 2 is 1.92 bits per heavy atom. The van der Waals surface area contributed by atoms with Crippen LogP contribution in [0.1, 0.15) is 35.4 Å². The molecule has 1 amide bonds. The van der Waals surface area contributed by atoms with Crippen molar-refractivity contribution in [2.24, 2.45) is 0 Å². The van der Waals surface area contributed by atoms with Gasteiger partial charge in [-0.15, -0.1) is 11.3 Å². The number of ether oxygens (including phenoxy) is 1. The summed E-state index contributed by atoms with van der Waals surface area (Å²) in [6, 6.07) is 12.0. The van der Waals surface area contributed by atoms with Gasteiger partial charge < -0.3 is 15.0 Å². The predicted molar refractivity (Wildman–Crippen MR) is 104 cm³/mol. The molecule has 0 aliphatic heterocycles. The van der Waals surface area contributed by atoms with Crippen LogP contribution in [0.4, 0.5) is 0 Å². The maximum atomic E-state index is 12.8. The second kappa shape index (κ2) is 7.58. The molecule has 1 aliphatic carbocycles. The molecule has 134 valence electrons. The highest BCUT2D eigenvalue weighted by Gasteiger charge is 2.36. The lowest BCUT2D eigenvalue weighted by atomic mass is 9.96. The first-order chi connectivity index (χ1) is 12.1. The number of hydrogen-bond donors (Lipinski definition) is 1. The number of carbonyl (C=O) groups is 1. The van der Waals surface area contributed by atoms with E-state index >= 15 is 0 Å². The number of nitrogens with one attached hydrogen (secondary N) is 1. The van der Waals surface area contributed by atoms with Crippen molar-refractivity contribution in [2.75, 3.05) is 27.7 Å². The number of rotatable bonds is 6. The monoisotopic (exact) mass is 358 g/mol. The van der Waals surface area contributed by atoms with Gasteiger partial charge in [-0.25, -0.2) is 0 Å². The Balaban J connectivity index is 1.77. The van der Waals surface area contributed by atoms with E-state index in [-0.39, 0.29) is 11.4 Å². The van der Waals surface area contributed by atoms with Crippen molar-refractivity contribution in [3.8, 4) is 16.2 Å². The van der Waals surface area contributed by atoms with Gasteiger partial charge >= 0.3 is 0 Å². The fraction of sp³-hybridized carbons (Fsp3) is 0.450. The third kappa shape index (κ3) is 3.72. The zero-order chi connectivity index (χ0) is 17.9. The van der Waals surface area contributed by atoms with Gasteiger partial charge in [0.25, 0.3) is 5.91 Å². The third-order valence-electron chi connectivity index (χ3n) is 5.24. The molecule has 2 aromatic rings. The molecule has 1 aromatic heterocycles. The van der Waals surface area contributed by atoms with Crippen molar-refractivity contribution in [3.05, 3.63) is 41.3 Å². The largest absolute Gasteiger partial charge is 0.495 e. The first kappa shape index (κ1) is 18.0. The van der Waals surface area contributed by atoms with E-state index in [1.807, 2.05) is 36.4 Å². The summed E-state index contributed by atoms with van der Waals surface area (Å²) in [6.45, 7) is 0.681. The molecule has 1 aliphatic rings. The molecule has 1 aromatic carbocycles.